The molecule has 3 rings (SSSR count). The molecule has 5 heteroatoms. The summed E-state index contributed by atoms with van der Waals surface area (Å²) >= 11 is 1.47. The van der Waals surface area contributed by atoms with Crippen LogP contribution >= 0.6 is 11.3 Å². The van der Waals surface area contributed by atoms with E-state index in [2.05, 4.69) is 16.4 Å². The first kappa shape index (κ1) is 14.5. The van der Waals surface area contributed by atoms with Crippen molar-refractivity contribution in [1.82, 2.24) is 4.98 Å². The quantitative estimate of drug-likeness (QED) is 0.789. The minimum absolute atomic E-state index is 0.212. The van der Waals surface area contributed by atoms with E-state index in [0.29, 0.717) is 16.4 Å². The van der Waals surface area contributed by atoms with Crippen LogP contribution in [-0.4, -0.2) is 18.0 Å². The van der Waals surface area contributed by atoms with E-state index in [1.54, 1.807) is 13.2 Å². The molecule has 0 fully saturated rings. The number of hydrogen-bond acceptors (Lipinski definition) is 4. The summed E-state index contributed by atoms with van der Waals surface area (Å²) in [6.07, 6.45) is 0. The predicted molar refractivity (Wildman–Crippen MR) is 90.0 cm³/mol. The molecule has 1 heterocycles. The molecule has 3 aromatic rings. The van der Waals surface area contributed by atoms with E-state index >= 15 is 0 Å². The van der Waals surface area contributed by atoms with Gasteiger partial charge in [-0.1, -0.05) is 29.5 Å². The van der Waals surface area contributed by atoms with E-state index in [1.165, 1.54) is 16.9 Å². The maximum Gasteiger partial charge on any atom is 0.261 e. The number of thiazole rings is 1. The Hall–Kier alpha value is -2.40. The molecule has 0 radical (unpaired) electrons. The largest absolute Gasteiger partial charge is 0.496 e. The monoisotopic (exact) mass is 312 g/mol. The lowest BCUT2D eigenvalue weighted by atomic mass is 10.1. The molecule has 0 spiro atoms. The fourth-order valence-electron chi connectivity index (χ4n) is 2.35. The van der Waals surface area contributed by atoms with Crippen molar-refractivity contribution in [2.45, 2.75) is 13.8 Å². The van der Waals surface area contributed by atoms with Crippen molar-refractivity contribution in [2.24, 2.45) is 0 Å². The number of para-hydroxylation sites is 1. The third-order valence-corrected chi connectivity index (χ3v) is 4.36. The Morgan fingerprint density at radius 1 is 1.23 bits per heavy atom. The van der Waals surface area contributed by atoms with Crippen molar-refractivity contribution in [3.63, 3.8) is 0 Å². The van der Waals surface area contributed by atoms with Crippen LogP contribution in [0, 0.1) is 13.8 Å². The molecule has 0 aliphatic rings. The lowest BCUT2D eigenvalue weighted by Crippen LogP contribution is -2.13. The van der Waals surface area contributed by atoms with Gasteiger partial charge in [-0.15, -0.1) is 0 Å². The fraction of sp³-hybridized carbons (Fsp3) is 0.176. The molecule has 1 N–H and O–H groups in total. The van der Waals surface area contributed by atoms with Gasteiger partial charge in [-0.05, 0) is 43.2 Å². The Morgan fingerprint density at radius 3 is 2.82 bits per heavy atom. The summed E-state index contributed by atoms with van der Waals surface area (Å²) in [6.45, 7) is 3.95. The lowest BCUT2D eigenvalue weighted by Gasteiger charge is -2.10. The van der Waals surface area contributed by atoms with Crippen LogP contribution in [0.4, 0.5) is 5.13 Å². The van der Waals surface area contributed by atoms with Crippen molar-refractivity contribution >= 4 is 32.6 Å². The van der Waals surface area contributed by atoms with Crippen molar-refractivity contribution in [3.8, 4) is 5.75 Å². The van der Waals surface area contributed by atoms with Crippen LogP contribution in [0.3, 0.4) is 0 Å². The number of anilines is 1. The molecular formula is C17H16N2O2S. The molecule has 0 saturated carbocycles. The van der Waals surface area contributed by atoms with Crippen molar-refractivity contribution in [2.75, 3.05) is 12.4 Å². The third-order valence-electron chi connectivity index (χ3n) is 3.43. The highest BCUT2D eigenvalue weighted by molar-refractivity contribution is 7.22. The zero-order valence-electron chi connectivity index (χ0n) is 12.6. The Kier molecular flexibility index (Phi) is 3.81. The Bertz CT molecular complexity index is 855. The normalized spacial score (nSPS) is 10.7. The van der Waals surface area contributed by atoms with Crippen LogP contribution < -0.4 is 10.1 Å². The number of benzene rings is 2. The van der Waals surface area contributed by atoms with Gasteiger partial charge < -0.3 is 4.74 Å². The van der Waals surface area contributed by atoms with Crippen molar-refractivity contribution in [3.05, 3.63) is 53.1 Å². The van der Waals surface area contributed by atoms with E-state index in [1.807, 2.05) is 38.1 Å². The maximum absolute atomic E-state index is 12.5. The number of amides is 1. The molecule has 2 aromatic carbocycles. The number of ether oxygens (including phenoxy) is 1. The van der Waals surface area contributed by atoms with Crippen LogP contribution in [0.5, 0.6) is 5.75 Å². The van der Waals surface area contributed by atoms with Gasteiger partial charge in [0.2, 0.25) is 0 Å². The highest BCUT2D eigenvalue weighted by atomic mass is 32.1. The molecule has 0 saturated heterocycles. The minimum Gasteiger partial charge on any atom is -0.496 e. The van der Waals surface area contributed by atoms with Crippen LogP contribution in [0.15, 0.2) is 36.4 Å². The Labute approximate surface area is 132 Å². The van der Waals surface area contributed by atoms with E-state index in [4.69, 9.17) is 4.74 Å². The highest BCUT2D eigenvalue weighted by Gasteiger charge is 2.15. The average molecular weight is 312 g/mol. The molecule has 4 nitrogen and oxygen atoms in total. The molecule has 0 unspecified atom stereocenters. The summed E-state index contributed by atoms with van der Waals surface area (Å²) in [6, 6.07) is 11.5. The van der Waals surface area contributed by atoms with E-state index in [9.17, 15) is 4.79 Å². The van der Waals surface area contributed by atoms with Gasteiger partial charge in [0.25, 0.3) is 5.91 Å². The first-order chi connectivity index (χ1) is 10.6. The van der Waals surface area contributed by atoms with E-state index < -0.39 is 0 Å². The number of aromatic nitrogens is 1. The maximum atomic E-state index is 12.5. The predicted octanol–water partition coefficient (Wildman–Crippen LogP) is 4.17. The van der Waals surface area contributed by atoms with E-state index in [-0.39, 0.29) is 5.91 Å². The molecular weight excluding hydrogens is 296 g/mol. The first-order valence-corrected chi connectivity index (χ1v) is 7.72. The number of hydrogen-bond donors (Lipinski definition) is 1. The lowest BCUT2D eigenvalue weighted by molar-refractivity contribution is 0.102. The molecule has 0 bridgehead atoms. The van der Waals surface area contributed by atoms with Gasteiger partial charge in [-0.25, -0.2) is 4.98 Å². The number of rotatable bonds is 3. The summed E-state index contributed by atoms with van der Waals surface area (Å²) in [5.74, 6) is 0.383. The number of nitrogens with one attached hydrogen (secondary N) is 1. The summed E-state index contributed by atoms with van der Waals surface area (Å²) in [4.78, 5) is 16.9. The van der Waals surface area contributed by atoms with Crippen LogP contribution in [0.1, 0.15) is 21.5 Å². The Balaban J connectivity index is 1.91. The number of methoxy groups -OCH3 is 1. The smallest absolute Gasteiger partial charge is 0.261 e. The Morgan fingerprint density at radius 2 is 2.05 bits per heavy atom. The second-order valence-electron chi connectivity index (χ2n) is 5.10. The number of nitrogens with zero attached hydrogens (tertiary/aromatic N) is 1. The topological polar surface area (TPSA) is 51.2 Å². The van der Waals surface area contributed by atoms with Crippen molar-refractivity contribution in [1.29, 1.82) is 0 Å². The molecule has 1 aromatic heterocycles. The fourth-order valence-corrected chi connectivity index (χ4v) is 3.31. The van der Waals surface area contributed by atoms with Gasteiger partial charge in [0, 0.05) is 0 Å². The average Bonchev–Trinajstić information content (AvgIpc) is 2.88. The van der Waals surface area contributed by atoms with Crippen LogP contribution in [0.2, 0.25) is 0 Å². The summed E-state index contributed by atoms with van der Waals surface area (Å²) in [5.41, 5.74) is 3.50. The molecule has 0 aliphatic heterocycles. The number of fused-ring (bicyclic) bond motifs is 1. The second kappa shape index (κ2) is 5.77. The van der Waals surface area contributed by atoms with Gasteiger partial charge >= 0.3 is 0 Å². The summed E-state index contributed by atoms with van der Waals surface area (Å²) in [5, 5.41) is 3.45. The molecule has 0 aliphatic carbocycles. The van der Waals surface area contributed by atoms with Crippen molar-refractivity contribution < 1.29 is 9.53 Å². The zero-order chi connectivity index (χ0) is 15.7. The van der Waals surface area contributed by atoms with Gasteiger partial charge in [-0.2, -0.15) is 0 Å². The number of aryl methyl sites for hydroxylation is 2. The molecule has 112 valence electrons. The standard InChI is InChI=1S/C17H16N2O2S/c1-10-7-8-13-14(9-10)22-17(18-13)19-16(20)12-6-4-5-11(2)15(12)21-3/h4-9H,1-3H3,(H,18,19,20). The molecule has 0 atom stereocenters. The summed E-state index contributed by atoms with van der Waals surface area (Å²) < 4.78 is 6.39. The second-order valence-corrected chi connectivity index (χ2v) is 6.13. The van der Waals surface area contributed by atoms with Gasteiger partial charge in [0.1, 0.15) is 5.75 Å². The van der Waals surface area contributed by atoms with Gasteiger partial charge in [0.15, 0.2) is 5.13 Å². The SMILES string of the molecule is COc1c(C)cccc1C(=O)Nc1nc2ccc(C)cc2s1. The van der Waals surface area contributed by atoms with Gasteiger partial charge in [0.05, 0.1) is 22.9 Å². The molecule has 1 amide bonds. The third kappa shape index (κ3) is 2.67. The summed E-state index contributed by atoms with van der Waals surface area (Å²) in [7, 11) is 1.57. The van der Waals surface area contributed by atoms with Crippen LogP contribution in [0.25, 0.3) is 10.2 Å². The number of carbonyl (C=O) groups is 1. The van der Waals surface area contributed by atoms with E-state index in [0.717, 1.165) is 15.8 Å². The number of carbonyl (C=O) groups excluding carboxylic acids is 1. The minimum atomic E-state index is -0.212. The van der Waals surface area contributed by atoms with Crippen LogP contribution in [-0.2, 0) is 0 Å². The first-order valence-electron chi connectivity index (χ1n) is 6.90. The highest BCUT2D eigenvalue weighted by Crippen LogP contribution is 2.28. The zero-order valence-corrected chi connectivity index (χ0v) is 13.5. The van der Waals surface area contributed by atoms with Gasteiger partial charge in [-0.3, -0.25) is 10.1 Å². The molecule has 22 heavy (non-hydrogen) atoms.